The second kappa shape index (κ2) is 6.22. The lowest BCUT2D eigenvalue weighted by Crippen LogP contribution is -2.41. The van der Waals surface area contributed by atoms with Crippen LogP contribution in [0, 0.1) is 0 Å². The van der Waals surface area contributed by atoms with E-state index in [-0.39, 0.29) is 12.1 Å². The monoisotopic (exact) mass is 277 g/mol. The summed E-state index contributed by atoms with van der Waals surface area (Å²) in [6.07, 6.45) is 4.20. The summed E-state index contributed by atoms with van der Waals surface area (Å²) in [6.45, 7) is 8.03. The fourth-order valence-corrected chi connectivity index (χ4v) is 2.30. The maximum absolute atomic E-state index is 12.4. The van der Waals surface area contributed by atoms with Crippen molar-refractivity contribution in [3.05, 3.63) is 30.1 Å². The Morgan fingerprint density at radius 3 is 2.75 bits per heavy atom. The van der Waals surface area contributed by atoms with Gasteiger partial charge in [0.2, 0.25) is 0 Å². The van der Waals surface area contributed by atoms with Gasteiger partial charge in [-0.15, -0.1) is 0 Å². The van der Waals surface area contributed by atoms with Gasteiger partial charge in [-0.05, 0) is 51.4 Å². The molecule has 0 radical (unpaired) electrons. The van der Waals surface area contributed by atoms with Crippen LogP contribution in [0.25, 0.3) is 0 Å². The highest BCUT2D eigenvalue weighted by Gasteiger charge is 2.30. The lowest BCUT2D eigenvalue weighted by atomic mass is 10.1. The molecule has 1 unspecified atom stereocenters. The Morgan fingerprint density at radius 1 is 1.40 bits per heavy atom. The van der Waals surface area contributed by atoms with E-state index in [1.165, 1.54) is 0 Å². The van der Waals surface area contributed by atoms with E-state index in [1.54, 1.807) is 12.4 Å². The summed E-state index contributed by atoms with van der Waals surface area (Å²) >= 11 is 0. The van der Waals surface area contributed by atoms with Crippen LogP contribution in [-0.2, 0) is 4.74 Å². The van der Waals surface area contributed by atoms with Crippen molar-refractivity contribution in [2.45, 2.75) is 38.8 Å². The topological polar surface area (TPSA) is 54.5 Å². The van der Waals surface area contributed by atoms with E-state index >= 15 is 0 Å². The third-order valence-corrected chi connectivity index (χ3v) is 3.19. The zero-order valence-electron chi connectivity index (χ0n) is 12.4. The number of amides is 1. The molecule has 1 aliphatic heterocycles. The molecule has 1 aliphatic rings. The fraction of sp³-hybridized carbons (Fsp3) is 0.600. The molecule has 1 atom stereocenters. The highest BCUT2D eigenvalue weighted by atomic mass is 16.6. The van der Waals surface area contributed by atoms with Crippen LogP contribution < -0.4 is 5.32 Å². The van der Waals surface area contributed by atoms with Gasteiger partial charge in [0.1, 0.15) is 5.60 Å². The van der Waals surface area contributed by atoms with Gasteiger partial charge in [-0.3, -0.25) is 9.88 Å². The zero-order valence-corrected chi connectivity index (χ0v) is 12.4. The van der Waals surface area contributed by atoms with E-state index in [0.717, 1.165) is 25.1 Å². The number of nitrogens with one attached hydrogen (secondary N) is 1. The molecule has 0 saturated carbocycles. The molecule has 1 amide bonds. The molecular formula is C15H23N3O2. The molecule has 0 spiro atoms. The Hall–Kier alpha value is -1.62. The molecular weight excluding hydrogens is 254 g/mol. The van der Waals surface area contributed by atoms with Crippen LogP contribution in [-0.4, -0.2) is 41.2 Å². The first kappa shape index (κ1) is 14.8. The first-order valence-electron chi connectivity index (χ1n) is 7.07. The third kappa shape index (κ3) is 3.93. The van der Waals surface area contributed by atoms with Crippen LogP contribution in [0.4, 0.5) is 4.79 Å². The largest absolute Gasteiger partial charge is 0.444 e. The SMILES string of the molecule is CC(C)(C)OC(=O)N1CCCNCC1c1ccncc1. The predicted molar refractivity (Wildman–Crippen MR) is 77.4 cm³/mol. The van der Waals surface area contributed by atoms with Crippen LogP contribution in [0.2, 0.25) is 0 Å². The van der Waals surface area contributed by atoms with Crippen molar-refractivity contribution in [3.8, 4) is 0 Å². The molecule has 20 heavy (non-hydrogen) atoms. The molecule has 5 nitrogen and oxygen atoms in total. The third-order valence-electron chi connectivity index (χ3n) is 3.19. The van der Waals surface area contributed by atoms with E-state index in [2.05, 4.69) is 10.3 Å². The first-order chi connectivity index (χ1) is 9.47. The Balaban J connectivity index is 2.19. The second-order valence-electron chi connectivity index (χ2n) is 6.03. The minimum atomic E-state index is -0.473. The lowest BCUT2D eigenvalue weighted by Gasteiger charge is -2.32. The molecule has 1 N–H and O–H groups in total. The van der Waals surface area contributed by atoms with Gasteiger partial charge in [-0.1, -0.05) is 0 Å². The normalized spacial score (nSPS) is 20.4. The van der Waals surface area contributed by atoms with Crippen molar-refractivity contribution in [2.75, 3.05) is 19.6 Å². The molecule has 2 rings (SSSR count). The predicted octanol–water partition coefficient (Wildman–Crippen LogP) is 2.35. The zero-order chi connectivity index (χ0) is 14.6. The highest BCUT2D eigenvalue weighted by molar-refractivity contribution is 5.69. The van der Waals surface area contributed by atoms with Crippen LogP contribution in [0.5, 0.6) is 0 Å². The van der Waals surface area contributed by atoms with Gasteiger partial charge in [-0.2, -0.15) is 0 Å². The minimum Gasteiger partial charge on any atom is -0.444 e. The summed E-state index contributed by atoms with van der Waals surface area (Å²) in [6, 6.07) is 3.90. The average Bonchev–Trinajstić information content (AvgIpc) is 2.63. The molecule has 5 heteroatoms. The molecule has 1 saturated heterocycles. The number of nitrogens with zero attached hydrogens (tertiary/aromatic N) is 2. The maximum Gasteiger partial charge on any atom is 0.410 e. The van der Waals surface area contributed by atoms with E-state index < -0.39 is 5.60 Å². The van der Waals surface area contributed by atoms with E-state index in [1.807, 2.05) is 37.8 Å². The van der Waals surface area contributed by atoms with E-state index in [0.29, 0.717) is 6.54 Å². The molecule has 0 bridgehead atoms. The molecule has 0 aliphatic carbocycles. The molecule has 1 fully saturated rings. The number of ether oxygens (including phenoxy) is 1. The number of aromatic nitrogens is 1. The summed E-state index contributed by atoms with van der Waals surface area (Å²) in [5, 5.41) is 3.37. The number of carbonyl (C=O) groups excluding carboxylic acids is 1. The van der Waals surface area contributed by atoms with Gasteiger partial charge in [-0.25, -0.2) is 4.79 Å². The van der Waals surface area contributed by atoms with Crippen LogP contribution in [0.3, 0.4) is 0 Å². The Morgan fingerprint density at radius 2 is 2.10 bits per heavy atom. The molecule has 0 aromatic carbocycles. The van der Waals surface area contributed by atoms with Crippen molar-refractivity contribution >= 4 is 6.09 Å². The van der Waals surface area contributed by atoms with E-state index in [9.17, 15) is 4.79 Å². The second-order valence-corrected chi connectivity index (χ2v) is 6.03. The number of pyridine rings is 1. The van der Waals surface area contributed by atoms with Gasteiger partial charge in [0, 0.05) is 25.5 Å². The maximum atomic E-state index is 12.4. The number of carbonyl (C=O) groups is 1. The summed E-state index contributed by atoms with van der Waals surface area (Å²) in [5.41, 5.74) is 0.611. The number of rotatable bonds is 1. The Bertz CT molecular complexity index is 442. The number of hydrogen-bond donors (Lipinski definition) is 1. The standard InChI is InChI=1S/C15H23N3O2/c1-15(2,3)20-14(19)18-10-4-7-17-11-13(18)12-5-8-16-9-6-12/h5-6,8-9,13,17H,4,7,10-11H2,1-3H3. The Kier molecular flexibility index (Phi) is 4.60. The van der Waals surface area contributed by atoms with Gasteiger partial charge in [0.05, 0.1) is 6.04 Å². The van der Waals surface area contributed by atoms with Crippen molar-refractivity contribution in [1.82, 2.24) is 15.2 Å². The summed E-state index contributed by atoms with van der Waals surface area (Å²) in [5.74, 6) is 0. The number of hydrogen-bond acceptors (Lipinski definition) is 4. The van der Waals surface area contributed by atoms with Crippen molar-refractivity contribution < 1.29 is 9.53 Å². The van der Waals surface area contributed by atoms with Gasteiger partial charge < -0.3 is 10.1 Å². The highest BCUT2D eigenvalue weighted by Crippen LogP contribution is 2.24. The Labute approximate surface area is 120 Å². The van der Waals surface area contributed by atoms with Gasteiger partial charge in [0.25, 0.3) is 0 Å². The van der Waals surface area contributed by atoms with Crippen LogP contribution in [0.1, 0.15) is 38.8 Å². The van der Waals surface area contributed by atoms with Crippen LogP contribution in [0.15, 0.2) is 24.5 Å². The fourth-order valence-electron chi connectivity index (χ4n) is 2.30. The summed E-state index contributed by atoms with van der Waals surface area (Å²) in [4.78, 5) is 18.3. The van der Waals surface area contributed by atoms with Crippen molar-refractivity contribution in [3.63, 3.8) is 0 Å². The molecule has 2 heterocycles. The smallest absolute Gasteiger partial charge is 0.410 e. The molecule has 1 aromatic rings. The van der Waals surface area contributed by atoms with Crippen LogP contribution >= 0.6 is 0 Å². The molecule has 110 valence electrons. The van der Waals surface area contributed by atoms with Gasteiger partial charge >= 0.3 is 6.09 Å². The lowest BCUT2D eigenvalue weighted by molar-refractivity contribution is 0.0174. The quantitative estimate of drug-likeness (QED) is 0.856. The van der Waals surface area contributed by atoms with Crippen molar-refractivity contribution in [1.29, 1.82) is 0 Å². The summed E-state index contributed by atoms with van der Waals surface area (Å²) < 4.78 is 5.53. The average molecular weight is 277 g/mol. The van der Waals surface area contributed by atoms with E-state index in [4.69, 9.17) is 4.74 Å². The molecule has 1 aromatic heterocycles. The first-order valence-corrected chi connectivity index (χ1v) is 7.07. The summed E-state index contributed by atoms with van der Waals surface area (Å²) in [7, 11) is 0. The minimum absolute atomic E-state index is 0.00431. The van der Waals surface area contributed by atoms with Crippen molar-refractivity contribution in [2.24, 2.45) is 0 Å². The van der Waals surface area contributed by atoms with Gasteiger partial charge in [0.15, 0.2) is 0 Å².